The van der Waals surface area contributed by atoms with Crippen LogP contribution in [0.2, 0.25) is 5.28 Å². The monoisotopic (exact) mass is 416 g/mol. The van der Waals surface area contributed by atoms with Crippen LogP contribution in [0.5, 0.6) is 0 Å². The number of allylic oxidation sites excluding steroid dienone is 1. The first-order chi connectivity index (χ1) is 14.7. The van der Waals surface area contributed by atoms with Crippen LogP contribution in [0.3, 0.4) is 0 Å². The van der Waals surface area contributed by atoms with Crippen LogP contribution < -0.4 is 0 Å². The molecule has 0 aliphatic heterocycles. The molecule has 30 heavy (non-hydrogen) atoms. The van der Waals surface area contributed by atoms with Gasteiger partial charge in [0.15, 0.2) is 5.65 Å². The van der Waals surface area contributed by atoms with E-state index in [1.165, 1.54) is 16.7 Å². The van der Waals surface area contributed by atoms with Crippen molar-refractivity contribution >= 4 is 28.3 Å². The number of hydrogen-bond acceptors (Lipinski definition) is 3. The van der Waals surface area contributed by atoms with Crippen molar-refractivity contribution in [3.05, 3.63) is 95.2 Å². The van der Waals surface area contributed by atoms with Gasteiger partial charge < -0.3 is 4.57 Å². The number of benzene rings is 2. The summed E-state index contributed by atoms with van der Waals surface area (Å²) in [7, 11) is 1.92. The van der Waals surface area contributed by atoms with Crippen LogP contribution in [0.4, 0.5) is 0 Å². The molecule has 0 amide bonds. The minimum Gasteiger partial charge on any atom is -0.318 e. The van der Waals surface area contributed by atoms with Crippen molar-refractivity contribution in [1.29, 1.82) is 0 Å². The maximum Gasteiger partial charge on any atom is 0.224 e. The smallest absolute Gasteiger partial charge is 0.224 e. The first-order valence-corrected chi connectivity index (χ1v) is 10.7. The second-order valence-electron chi connectivity index (χ2n) is 7.42. The van der Waals surface area contributed by atoms with Gasteiger partial charge in [-0.15, -0.1) is 0 Å². The number of unbranched alkanes of at least 4 members (excludes halogenated alkanes) is 3. The van der Waals surface area contributed by atoms with Gasteiger partial charge in [0.1, 0.15) is 5.52 Å². The second-order valence-corrected chi connectivity index (χ2v) is 7.75. The Balaban J connectivity index is 1.37. The standard InChI is InChI=1S/C25H25ClN4/c1-30-18-27-23-22(28-25(26)29-24(23)30)17-11-3-2-10-16-21(19-12-6-4-7-13-19)20-14-8-5-9-15-20/h4-9,12-16,18H,2-3,10-11,17H2,1H3. The third-order valence-electron chi connectivity index (χ3n) is 5.24. The highest BCUT2D eigenvalue weighted by molar-refractivity contribution is 6.28. The number of fused-ring (bicyclic) bond motifs is 1. The maximum atomic E-state index is 6.10. The second kappa shape index (κ2) is 9.68. The lowest BCUT2D eigenvalue weighted by molar-refractivity contribution is 0.681. The van der Waals surface area contributed by atoms with Crippen molar-refractivity contribution in [1.82, 2.24) is 19.5 Å². The van der Waals surface area contributed by atoms with Crippen LogP contribution in [0, 0.1) is 0 Å². The molecule has 2 aromatic carbocycles. The minimum atomic E-state index is 0.291. The minimum absolute atomic E-state index is 0.291. The summed E-state index contributed by atoms with van der Waals surface area (Å²) in [5, 5.41) is 0.291. The molecule has 4 aromatic rings. The normalized spacial score (nSPS) is 11.0. The highest BCUT2D eigenvalue weighted by Crippen LogP contribution is 2.24. The third kappa shape index (κ3) is 4.77. The third-order valence-corrected chi connectivity index (χ3v) is 5.41. The van der Waals surface area contributed by atoms with Gasteiger partial charge in [0, 0.05) is 7.05 Å². The molecule has 0 saturated carbocycles. The number of halogens is 1. The van der Waals surface area contributed by atoms with Crippen LogP contribution >= 0.6 is 11.6 Å². The van der Waals surface area contributed by atoms with Gasteiger partial charge in [-0.3, -0.25) is 0 Å². The summed E-state index contributed by atoms with van der Waals surface area (Å²) in [5.41, 5.74) is 6.42. The van der Waals surface area contributed by atoms with Gasteiger partial charge in [-0.05, 0) is 54.0 Å². The maximum absolute atomic E-state index is 6.10. The van der Waals surface area contributed by atoms with Gasteiger partial charge in [0.2, 0.25) is 5.28 Å². The molecule has 0 bridgehead atoms. The molecule has 0 unspecified atom stereocenters. The molecule has 0 aliphatic carbocycles. The Bertz CT molecular complexity index is 1090. The van der Waals surface area contributed by atoms with E-state index in [1.54, 1.807) is 6.33 Å². The van der Waals surface area contributed by atoms with Gasteiger partial charge in [-0.2, -0.15) is 4.98 Å². The lowest BCUT2D eigenvalue weighted by atomic mass is 9.96. The first-order valence-electron chi connectivity index (χ1n) is 10.4. The molecule has 0 saturated heterocycles. The molecule has 0 aliphatic rings. The van der Waals surface area contributed by atoms with Crippen molar-refractivity contribution in [2.75, 3.05) is 0 Å². The fourth-order valence-corrected chi connectivity index (χ4v) is 3.89. The van der Waals surface area contributed by atoms with E-state index < -0.39 is 0 Å². The molecule has 0 spiro atoms. The number of aryl methyl sites for hydroxylation is 2. The number of imidazole rings is 1. The molecule has 0 fully saturated rings. The summed E-state index contributed by atoms with van der Waals surface area (Å²) < 4.78 is 1.88. The zero-order valence-corrected chi connectivity index (χ0v) is 17.9. The van der Waals surface area contributed by atoms with Crippen molar-refractivity contribution in [3.63, 3.8) is 0 Å². The number of aromatic nitrogens is 4. The zero-order chi connectivity index (χ0) is 20.8. The van der Waals surface area contributed by atoms with Crippen molar-refractivity contribution < 1.29 is 0 Å². The Morgan fingerprint density at radius 1 is 0.900 bits per heavy atom. The Kier molecular flexibility index (Phi) is 6.55. The molecule has 4 nitrogen and oxygen atoms in total. The van der Waals surface area contributed by atoms with Crippen molar-refractivity contribution in [2.24, 2.45) is 7.05 Å². The molecule has 0 atom stereocenters. The van der Waals surface area contributed by atoms with E-state index in [2.05, 4.69) is 81.7 Å². The fraction of sp³-hybridized carbons (Fsp3) is 0.240. The Morgan fingerprint density at radius 2 is 1.57 bits per heavy atom. The van der Waals surface area contributed by atoms with E-state index in [4.69, 9.17) is 11.6 Å². The number of hydrogen-bond donors (Lipinski definition) is 0. The molecule has 0 radical (unpaired) electrons. The van der Waals surface area contributed by atoms with E-state index >= 15 is 0 Å². The average molecular weight is 417 g/mol. The predicted molar refractivity (Wildman–Crippen MR) is 123 cm³/mol. The average Bonchev–Trinajstić information content (AvgIpc) is 3.15. The molecule has 4 rings (SSSR count). The fourth-order valence-electron chi connectivity index (χ4n) is 3.71. The van der Waals surface area contributed by atoms with E-state index in [0.29, 0.717) is 5.28 Å². The van der Waals surface area contributed by atoms with Gasteiger partial charge in [0.05, 0.1) is 12.0 Å². The van der Waals surface area contributed by atoms with Crippen LogP contribution in [-0.4, -0.2) is 19.5 Å². The highest BCUT2D eigenvalue weighted by atomic mass is 35.5. The summed E-state index contributed by atoms with van der Waals surface area (Å²) in [4.78, 5) is 13.1. The van der Waals surface area contributed by atoms with Gasteiger partial charge in [-0.1, -0.05) is 73.2 Å². The van der Waals surface area contributed by atoms with E-state index in [-0.39, 0.29) is 0 Å². The molecule has 152 valence electrons. The Morgan fingerprint density at radius 3 is 2.23 bits per heavy atom. The van der Waals surface area contributed by atoms with Gasteiger partial charge >= 0.3 is 0 Å². The molecule has 2 heterocycles. The molecular formula is C25H25ClN4. The Hall–Kier alpha value is -2.98. The first kappa shape index (κ1) is 20.3. The summed E-state index contributed by atoms with van der Waals surface area (Å²) in [6.45, 7) is 0. The quantitative estimate of drug-likeness (QED) is 0.252. The van der Waals surface area contributed by atoms with Crippen molar-refractivity contribution in [2.45, 2.75) is 32.1 Å². The summed E-state index contributed by atoms with van der Waals surface area (Å²) in [6, 6.07) is 21.2. The molecular weight excluding hydrogens is 392 g/mol. The number of rotatable bonds is 8. The largest absolute Gasteiger partial charge is 0.318 e. The highest BCUT2D eigenvalue weighted by Gasteiger charge is 2.11. The van der Waals surface area contributed by atoms with Crippen LogP contribution in [0.15, 0.2) is 73.1 Å². The number of nitrogens with zero attached hydrogens (tertiary/aromatic N) is 4. The van der Waals surface area contributed by atoms with Gasteiger partial charge in [-0.25, -0.2) is 9.97 Å². The Labute approximate surface area is 182 Å². The SMILES string of the molecule is Cn1cnc2c(CCCCCC=C(c3ccccc3)c3ccccc3)nc(Cl)nc21. The van der Waals surface area contributed by atoms with E-state index in [0.717, 1.165) is 49.0 Å². The van der Waals surface area contributed by atoms with Crippen LogP contribution in [0.25, 0.3) is 16.7 Å². The summed E-state index contributed by atoms with van der Waals surface area (Å²) >= 11 is 6.10. The van der Waals surface area contributed by atoms with Crippen molar-refractivity contribution in [3.8, 4) is 0 Å². The van der Waals surface area contributed by atoms with Gasteiger partial charge in [0.25, 0.3) is 0 Å². The molecule has 5 heteroatoms. The van der Waals surface area contributed by atoms with Crippen LogP contribution in [0.1, 0.15) is 42.5 Å². The van der Waals surface area contributed by atoms with E-state index in [1.807, 2.05) is 11.6 Å². The lowest BCUT2D eigenvalue weighted by Gasteiger charge is -2.09. The molecule has 0 N–H and O–H groups in total. The zero-order valence-electron chi connectivity index (χ0n) is 17.1. The summed E-state index contributed by atoms with van der Waals surface area (Å²) in [6.07, 6.45) is 9.35. The van der Waals surface area contributed by atoms with E-state index in [9.17, 15) is 0 Å². The van der Waals surface area contributed by atoms with Crippen LogP contribution in [-0.2, 0) is 13.5 Å². The summed E-state index contributed by atoms with van der Waals surface area (Å²) in [5.74, 6) is 0. The predicted octanol–water partition coefficient (Wildman–Crippen LogP) is 6.25. The molecule has 2 aromatic heterocycles. The lowest BCUT2D eigenvalue weighted by Crippen LogP contribution is -1.97. The topological polar surface area (TPSA) is 43.6 Å².